The van der Waals surface area contributed by atoms with Crippen molar-refractivity contribution in [3.63, 3.8) is 0 Å². The van der Waals surface area contributed by atoms with Crippen LogP contribution in [0.1, 0.15) is 34.3 Å². The molecule has 1 N–H and O–H groups in total. The second-order valence-electron chi connectivity index (χ2n) is 5.57. The summed E-state index contributed by atoms with van der Waals surface area (Å²) in [5.41, 5.74) is 1.22. The maximum absolute atomic E-state index is 12.6. The monoisotopic (exact) mass is 312 g/mol. The molecule has 0 radical (unpaired) electrons. The molecule has 0 atom stereocenters. The Morgan fingerprint density at radius 2 is 1.86 bits per heavy atom. The molecule has 1 aliphatic heterocycles. The van der Waals surface area contributed by atoms with Gasteiger partial charge in [0.1, 0.15) is 0 Å². The lowest BCUT2D eigenvalue weighted by molar-refractivity contribution is 0.0695. The minimum absolute atomic E-state index is 0.0474. The van der Waals surface area contributed by atoms with E-state index in [9.17, 15) is 13.2 Å². The Kier molecular flexibility index (Phi) is 4.68. The van der Waals surface area contributed by atoms with E-state index >= 15 is 0 Å². The third kappa shape index (κ3) is 3.63. The standard InChI is InChI=1S/C15H20O5S/c1-10-7-11(2)14(8-13(10)15(16)17)21(18,19)9-12-3-5-20-6-4-12/h7-8,12H,3-6,9H2,1-2H3,(H,16,17). The van der Waals surface area contributed by atoms with Gasteiger partial charge in [-0.2, -0.15) is 0 Å². The van der Waals surface area contributed by atoms with Gasteiger partial charge in [-0.15, -0.1) is 0 Å². The van der Waals surface area contributed by atoms with Crippen LogP contribution in [-0.4, -0.2) is 38.5 Å². The van der Waals surface area contributed by atoms with Gasteiger partial charge in [0.15, 0.2) is 9.84 Å². The molecular weight excluding hydrogens is 292 g/mol. The van der Waals surface area contributed by atoms with Crippen LogP contribution in [0.4, 0.5) is 0 Å². The summed E-state index contributed by atoms with van der Waals surface area (Å²) in [5.74, 6) is -0.966. The van der Waals surface area contributed by atoms with E-state index < -0.39 is 15.8 Å². The molecule has 0 aromatic heterocycles. The van der Waals surface area contributed by atoms with Crippen LogP contribution in [0.15, 0.2) is 17.0 Å². The maximum atomic E-state index is 12.6. The van der Waals surface area contributed by atoms with Crippen molar-refractivity contribution in [3.05, 3.63) is 28.8 Å². The summed E-state index contributed by atoms with van der Waals surface area (Å²) in [6, 6.07) is 2.92. The fourth-order valence-corrected chi connectivity index (χ4v) is 4.69. The van der Waals surface area contributed by atoms with Crippen LogP contribution in [0.25, 0.3) is 0 Å². The number of rotatable bonds is 4. The molecule has 116 valence electrons. The normalized spacial score (nSPS) is 16.9. The zero-order valence-corrected chi connectivity index (χ0v) is 13.1. The zero-order valence-electron chi connectivity index (χ0n) is 12.3. The lowest BCUT2D eigenvalue weighted by Crippen LogP contribution is -2.24. The summed E-state index contributed by atoms with van der Waals surface area (Å²) in [4.78, 5) is 11.3. The largest absolute Gasteiger partial charge is 0.478 e. The second-order valence-corrected chi connectivity index (χ2v) is 7.58. The van der Waals surface area contributed by atoms with E-state index in [2.05, 4.69) is 0 Å². The van der Waals surface area contributed by atoms with Crippen LogP contribution in [0.2, 0.25) is 0 Å². The summed E-state index contributed by atoms with van der Waals surface area (Å²) in [5, 5.41) is 9.16. The van der Waals surface area contributed by atoms with Crippen LogP contribution < -0.4 is 0 Å². The fourth-order valence-electron chi connectivity index (χ4n) is 2.71. The van der Waals surface area contributed by atoms with Crippen molar-refractivity contribution < 1.29 is 23.1 Å². The Balaban J connectivity index is 2.34. The van der Waals surface area contributed by atoms with Gasteiger partial charge in [0.25, 0.3) is 0 Å². The van der Waals surface area contributed by atoms with Gasteiger partial charge in [0.05, 0.1) is 16.2 Å². The predicted octanol–water partition coefficient (Wildman–Crippen LogP) is 2.20. The Hall–Kier alpha value is -1.40. The van der Waals surface area contributed by atoms with E-state index in [1.807, 2.05) is 0 Å². The third-order valence-corrected chi connectivity index (χ3v) is 5.90. The summed E-state index contributed by atoms with van der Waals surface area (Å²) in [6.07, 6.45) is 1.46. The molecule has 0 bridgehead atoms. The van der Waals surface area contributed by atoms with Crippen molar-refractivity contribution in [1.29, 1.82) is 0 Å². The minimum atomic E-state index is -3.48. The first-order valence-electron chi connectivity index (χ1n) is 6.96. The van der Waals surface area contributed by atoms with Gasteiger partial charge in [-0.25, -0.2) is 13.2 Å². The van der Waals surface area contributed by atoms with E-state index in [-0.39, 0.29) is 22.1 Å². The van der Waals surface area contributed by atoms with Crippen LogP contribution >= 0.6 is 0 Å². The van der Waals surface area contributed by atoms with E-state index in [1.54, 1.807) is 19.9 Å². The van der Waals surface area contributed by atoms with Gasteiger partial charge in [0.2, 0.25) is 0 Å². The number of ether oxygens (including phenoxy) is 1. The van der Waals surface area contributed by atoms with Gasteiger partial charge < -0.3 is 9.84 Å². The van der Waals surface area contributed by atoms with Crippen LogP contribution in [-0.2, 0) is 14.6 Å². The molecule has 1 aromatic rings. The highest BCUT2D eigenvalue weighted by atomic mass is 32.2. The average Bonchev–Trinajstić information content (AvgIpc) is 2.38. The Labute approximate surface area is 124 Å². The summed E-state index contributed by atoms with van der Waals surface area (Å²) in [6.45, 7) is 4.56. The number of carbonyl (C=O) groups is 1. The van der Waals surface area contributed by atoms with Crippen LogP contribution in [0.3, 0.4) is 0 Å². The first-order chi connectivity index (χ1) is 9.81. The van der Waals surface area contributed by atoms with E-state index in [0.29, 0.717) is 24.3 Å². The SMILES string of the molecule is Cc1cc(C)c(S(=O)(=O)CC2CCOCC2)cc1C(=O)O. The molecule has 0 amide bonds. The smallest absolute Gasteiger partial charge is 0.335 e. The highest BCUT2D eigenvalue weighted by Gasteiger charge is 2.26. The number of carboxylic acid groups (broad SMARTS) is 1. The zero-order chi connectivity index (χ0) is 15.6. The molecule has 0 spiro atoms. The second kappa shape index (κ2) is 6.15. The molecule has 6 heteroatoms. The van der Waals surface area contributed by atoms with Gasteiger partial charge in [-0.1, -0.05) is 6.07 Å². The van der Waals surface area contributed by atoms with Crippen LogP contribution in [0.5, 0.6) is 0 Å². The highest BCUT2D eigenvalue weighted by molar-refractivity contribution is 7.91. The van der Waals surface area contributed by atoms with Gasteiger partial charge in [0, 0.05) is 13.2 Å². The lowest BCUT2D eigenvalue weighted by Gasteiger charge is -2.22. The molecule has 0 aliphatic carbocycles. The quantitative estimate of drug-likeness (QED) is 0.922. The topological polar surface area (TPSA) is 80.7 Å². The van der Waals surface area contributed by atoms with E-state index in [4.69, 9.17) is 9.84 Å². The number of aryl methyl sites for hydroxylation is 2. The number of aromatic carboxylic acids is 1. The molecule has 21 heavy (non-hydrogen) atoms. The van der Waals surface area contributed by atoms with Crippen molar-refractivity contribution in [2.45, 2.75) is 31.6 Å². The summed E-state index contributed by atoms with van der Waals surface area (Å²) >= 11 is 0. The maximum Gasteiger partial charge on any atom is 0.335 e. The molecule has 2 rings (SSSR count). The third-order valence-electron chi connectivity index (χ3n) is 3.88. The fraction of sp³-hybridized carbons (Fsp3) is 0.533. The predicted molar refractivity (Wildman–Crippen MR) is 78.5 cm³/mol. The molecule has 1 aromatic carbocycles. The van der Waals surface area contributed by atoms with Crippen molar-refractivity contribution >= 4 is 15.8 Å². The minimum Gasteiger partial charge on any atom is -0.478 e. The molecule has 1 heterocycles. The molecule has 1 fully saturated rings. The van der Waals surface area contributed by atoms with Crippen molar-refractivity contribution in [2.24, 2.45) is 5.92 Å². The lowest BCUT2D eigenvalue weighted by atomic mass is 10.0. The van der Waals surface area contributed by atoms with E-state index in [0.717, 1.165) is 12.8 Å². The number of benzene rings is 1. The Morgan fingerprint density at radius 1 is 1.24 bits per heavy atom. The average molecular weight is 312 g/mol. The van der Waals surface area contributed by atoms with Gasteiger partial charge >= 0.3 is 5.97 Å². The first kappa shape index (κ1) is 16.0. The first-order valence-corrected chi connectivity index (χ1v) is 8.61. The Morgan fingerprint density at radius 3 is 2.43 bits per heavy atom. The molecule has 1 saturated heterocycles. The van der Waals surface area contributed by atoms with Crippen molar-refractivity contribution in [2.75, 3.05) is 19.0 Å². The number of carboxylic acids is 1. The number of hydrogen-bond acceptors (Lipinski definition) is 4. The molecule has 1 aliphatic rings. The Bertz CT molecular complexity index is 642. The molecule has 0 unspecified atom stereocenters. The molecule has 0 saturated carbocycles. The number of hydrogen-bond donors (Lipinski definition) is 1. The van der Waals surface area contributed by atoms with Crippen LogP contribution in [0, 0.1) is 19.8 Å². The number of sulfone groups is 1. The molecule has 5 nitrogen and oxygen atoms in total. The highest BCUT2D eigenvalue weighted by Crippen LogP contribution is 2.26. The van der Waals surface area contributed by atoms with Crippen molar-refractivity contribution in [3.8, 4) is 0 Å². The van der Waals surface area contributed by atoms with E-state index in [1.165, 1.54) is 6.07 Å². The summed E-state index contributed by atoms with van der Waals surface area (Å²) < 4.78 is 30.4. The van der Waals surface area contributed by atoms with Gasteiger partial charge in [-0.3, -0.25) is 0 Å². The summed E-state index contributed by atoms with van der Waals surface area (Å²) in [7, 11) is -3.48. The van der Waals surface area contributed by atoms with Gasteiger partial charge in [-0.05, 0) is 49.8 Å². The van der Waals surface area contributed by atoms with Crippen molar-refractivity contribution in [1.82, 2.24) is 0 Å². The molecular formula is C15H20O5S.